The van der Waals surface area contributed by atoms with Crippen LogP contribution in [-0.4, -0.2) is 34.0 Å². The number of nitrogens with zero attached hydrogens (tertiary/aromatic N) is 3. The van der Waals surface area contributed by atoms with E-state index in [-0.39, 0.29) is 5.56 Å². The van der Waals surface area contributed by atoms with Crippen LogP contribution in [0.2, 0.25) is 0 Å². The third kappa shape index (κ3) is 3.30. The topological polar surface area (TPSA) is 103 Å². The van der Waals surface area contributed by atoms with Gasteiger partial charge in [0.1, 0.15) is 11.6 Å². The summed E-state index contributed by atoms with van der Waals surface area (Å²) in [5.41, 5.74) is 0.936. The first-order valence-electron chi connectivity index (χ1n) is 7.84. The van der Waals surface area contributed by atoms with Crippen LogP contribution in [-0.2, 0) is 9.53 Å². The van der Waals surface area contributed by atoms with Crippen molar-refractivity contribution in [3.63, 3.8) is 0 Å². The zero-order chi connectivity index (χ0) is 18.7. The molecule has 0 bridgehead atoms. The van der Waals surface area contributed by atoms with Gasteiger partial charge in [-0.05, 0) is 43.3 Å². The summed E-state index contributed by atoms with van der Waals surface area (Å²) in [4.78, 5) is 36.4. The maximum atomic E-state index is 12.5. The minimum absolute atomic E-state index is 0.371. The average molecular weight is 352 g/mol. The second-order valence-electron chi connectivity index (χ2n) is 5.59. The lowest BCUT2D eigenvalue weighted by molar-refractivity contribution is -0.119. The van der Waals surface area contributed by atoms with Gasteiger partial charge in [-0.25, -0.2) is 4.79 Å². The van der Waals surface area contributed by atoms with Gasteiger partial charge >= 0.3 is 5.97 Å². The number of aromatic nitrogens is 3. The summed E-state index contributed by atoms with van der Waals surface area (Å²) in [6, 6.07) is 12.2. The number of carbonyl (C=O) groups is 2. The van der Waals surface area contributed by atoms with E-state index in [2.05, 4.69) is 20.4 Å². The molecule has 3 aromatic rings. The van der Waals surface area contributed by atoms with E-state index in [1.165, 1.54) is 19.2 Å². The zero-order valence-corrected chi connectivity index (χ0v) is 14.2. The number of rotatable bonds is 4. The highest BCUT2D eigenvalue weighted by Gasteiger charge is 2.19. The Labute approximate surface area is 148 Å². The van der Waals surface area contributed by atoms with E-state index in [0.717, 1.165) is 4.68 Å². The molecule has 1 N–H and O–H groups in total. The molecule has 3 rings (SSSR count). The molecule has 1 heterocycles. The number of fused-ring (bicyclic) bond motifs is 1. The van der Waals surface area contributed by atoms with Crippen LogP contribution in [0.3, 0.4) is 0 Å². The van der Waals surface area contributed by atoms with Crippen LogP contribution in [0.5, 0.6) is 0 Å². The molecule has 8 nitrogen and oxygen atoms in total. The lowest BCUT2D eigenvalue weighted by atomic mass is 10.2. The van der Waals surface area contributed by atoms with Crippen molar-refractivity contribution in [2.75, 3.05) is 12.4 Å². The van der Waals surface area contributed by atoms with Crippen molar-refractivity contribution in [1.82, 2.24) is 15.0 Å². The number of nitrogens with one attached hydrogen (secondary N) is 1. The van der Waals surface area contributed by atoms with Crippen LogP contribution in [0.15, 0.2) is 53.3 Å². The fourth-order valence-electron chi connectivity index (χ4n) is 2.42. The molecule has 1 aromatic heterocycles. The molecular formula is C18H16N4O4. The predicted molar refractivity (Wildman–Crippen MR) is 94.9 cm³/mol. The smallest absolute Gasteiger partial charge is 0.337 e. The fraction of sp³-hybridized carbons (Fsp3) is 0.167. The van der Waals surface area contributed by atoms with E-state index in [1.807, 2.05) is 0 Å². The monoisotopic (exact) mass is 352 g/mol. The molecule has 1 amide bonds. The highest BCUT2D eigenvalue weighted by atomic mass is 16.5. The van der Waals surface area contributed by atoms with Gasteiger partial charge in [-0.2, -0.15) is 4.68 Å². The molecule has 8 heteroatoms. The Balaban J connectivity index is 1.81. The first-order chi connectivity index (χ1) is 12.5. The molecule has 0 radical (unpaired) electrons. The van der Waals surface area contributed by atoms with Gasteiger partial charge in [0.2, 0.25) is 5.91 Å². The van der Waals surface area contributed by atoms with Crippen molar-refractivity contribution >= 4 is 28.5 Å². The van der Waals surface area contributed by atoms with Gasteiger partial charge in [-0.3, -0.25) is 9.59 Å². The summed E-state index contributed by atoms with van der Waals surface area (Å²) in [6.07, 6.45) is 0. The van der Waals surface area contributed by atoms with E-state index in [4.69, 9.17) is 0 Å². The maximum absolute atomic E-state index is 12.5. The van der Waals surface area contributed by atoms with Crippen molar-refractivity contribution in [2.45, 2.75) is 13.0 Å². The number of ether oxygens (including phenoxy) is 1. The molecule has 132 valence electrons. The molecule has 1 atom stereocenters. The van der Waals surface area contributed by atoms with Crippen molar-refractivity contribution in [3.8, 4) is 0 Å². The SMILES string of the molecule is COC(=O)c1ccc(NC(=O)C(C)n2nnc3ccccc3c2=O)cc1. The summed E-state index contributed by atoms with van der Waals surface area (Å²) in [5, 5.41) is 10.9. The first-order valence-corrected chi connectivity index (χ1v) is 7.84. The quantitative estimate of drug-likeness (QED) is 0.718. The minimum Gasteiger partial charge on any atom is -0.465 e. The molecular weight excluding hydrogens is 336 g/mol. The van der Waals surface area contributed by atoms with Gasteiger partial charge in [0.15, 0.2) is 0 Å². The van der Waals surface area contributed by atoms with Crippen molar-refractivity contribution < 1.29 is 14.3 Å². The van der Waals surface area contributed by atoms with Crippen LogP contribution in [0.1, 0.15) is 23.3 Å². The van der Waals surface area contributed by atoms with Crippen LogP contribution >= 0.6 is 0 Å². The minimum atomic E-state index is -0.861. The van der Waals surface area contributed by atoms with Crippen molar-refractivity contribution in [3.05, 3.63) is 64.4 Å². The number of amides is 1. The number of esters is 1. The zero-order valence-electron chi connectivity index (χ0n) is 14.2. The molecule has 0 aliphatic rings. The summed E-state index contributed by atoms with van der Waals surface area (Å²) < 4.78 is 5.66. The summed E-state index contributed by atoms with van der Waals surface area (Å²) in [6.45, 7) is 1.56. The number of hydrogen-bond donors (Lipinski definition) is 1. The molecule has 2 aromatic carbocycles. The molecule has 1 unspecified atom stereocenters. The van der Waals surface area contributed by atoms with Crippen LogP contribution < -0.4 is 10.9 Å². The fourth-order valence-corrected chi connectivity index (χ4v) is 2.42. The van der Waals surface area contributed by atoms with Gasteiger partial charge in [0, 0.05) is 5.69 Å². The maximum Gasteiger partial charge on any atom is 0.337 e. The number of anilines is 1. The Morgan fingerprint density at radius 2 is 1.81 bits per heavy atom. The van der Waals surface area contributed by atoms with E-state index >= 15 is 0 Å². The van der Waals surface area contributed by atoms with Crippen LogP contribution in [0, 0.1) is 0 Å². The van der Waals surface area contributed by atoms with Gasteiger partial charge < -0.3 is 10.1 Å². The Hall–Kier alpha value is -3.55. The Kier molecular flexibility index (Phi) is 4.74. The lowest BCUT2D eigenvalue weighted by Gasteiger charge is -2.14. The Bertz CT molecular complexity index is 1030. The second kappa shape index (κ2) is 7.14. The second-order valence-corrected chi connectivity index (χ2v) is 5.59. The predicted octanol–water partition coefficient (Wildman–Crippen LogP) is 1.78. The summed E-state index contributed by atoms with van der Waals surface area (Å²) in [7, 11) is 1.29. The van der Waals surface area contributed by atoms with Gasteiger partial charge in [0.25, 0.3) is 5.56 Å². The van der Waals surface area contributed by atoms with E-state index < -0.39 is 17.9 Å². The van der Waals surface area contributed by atoms with Crippen molar-refractivity contribution in [2.24, 2.45) is 0 Å². The Morgan fingerprint density at radius 3 is 2.50 bits per heavy atom. The molecule has 0 saturated heterocycles. The molecule has 0 spiro atoms. The lowest BCUT2D eigenvalue weighted by Crippen LogP contribution is -2.34. The molecule has 26 heavy (non-hydrogen) atoms. The largest absolute Gasteiger partial charge is 0.465 e. The van der Waals surface area contributed by atoms with E-state index in [9.17, 15) is 14.4 Å². The molecule has 0 aliphatic heterocycles. The van der Waals surface area contributed by atoms with E-state index in [0.29, 0.717) is 22.2 Å². The first kappa shape index (κ1) is 17.3. The standard InChI is InChI=1S/C18H16N4O4/c1-11(22-17(24)14-5-3-4-6-15(14)20-21-22)16(23)19-13-9-7-12(8-10-13)18(25)26-2/h3-11H,1-2H3,(H,19,23). The number of hydrogen-bond acceptors (Lipinski definition) is 6. The average Bonchev–Trinajstić information content (AvgIpc) is 2.68. The Morgan fingerprint density at radius 1 is 1.12 bits per heavy atom. The highest BCUT2D eigenvalue weighted by Crippen LogP contribution is 2.13. The third-order valence-electron chi connectivity index (χ3n) is 3.91. The third-order valence-corrected chi connectivity index (χ3v) is 3.91. The number of carbonyl (C=O) groups excluding carboxylic acids is 2. The molecule has 0 fully saturated rings. The highest BCUT2D eigenvalue weighted by molar-refractivity contribution is 5.94. The molecule has 0 saturated carbocycles. The van der Waals surface area contributed by atoms with E-state index in [1.54, 1.807) is 43.3 Å². The number of benzene rings is 2. The van der Waals surface area contributed by atoms with Gasteiger partial charge in [-0.1, -0.05) is 17.3 Å². The van der Waals surface area contributed by atoms with Crippen molar-refractivity contribution in [1.29, 1.82) is 0 Å². The number of methoxy groups -OCH3 is 1. The van der Waals surface area contributed by atoms with Crippen LogP contribution in [0.4, 0.5) is 5.69 Å². The van der Waals surface area contributed by atoms with Gasteiger partial charge in [-0.15, -0.1) is 5.10 Å². The normalized spacial score (nSPS) is 11.8. The molecule has 0 aliphatic carbocycles. The summed E-state index contributed by atoms with van der Waals surface area (Å²) in [5.74, 6) is -0.892. The van der Waals surface area contributed by atoms with Gasteiger partial charge in [0.05, 0.1) is 18.1 Å². The van der Waals surface area contributed by atoms with Crippen LogP contribution in [0.25, 0.3) is 10.9 Å². The summed E-state index contributed by atoms with van der Waals surface area (Å²) >= 11 is 0.